The molecule has 4 fully saturated rings. The third kappa shape index (κ3) is 3.46. The van der Waals surface area contributed by atoms with Gasteiger partial charge in [0.2, 0.25) is 0 Å². The van der Waals surface area contributed by atoms with E-state index in [0.29, 0.717) is 28.6 Å². The molecule has 0 aromatic rings. The van der Waals surface area contributed by atoms with Gasteiger partial charge in [0, 0.05) is 0 Å². The highest BCUT2D eigenvalue weighted by atomic mass is 16.3. The summed E-state index contributed by atoms with van der Waals surface area (Å²) in [4.78, 5) is 0. The van der Waals surface area contributed by atoms with E-state index in [1.54, 1.807) is 0 Å². The Labute approximate surface area is 186 Å². The average molecular weight is 413 g/mol. The molecule has 0 unspecified atom stereocenters. The van der Waals surface area contributed by atoms with Crippen LogP contribution in [0.25, 0.3) is 0 Å². The number of aliphatic hydroxyl groups is 1. The Bertz CT molecular complexity index is 676. The molecule has 4 rings (SSSR count). The lowest BCUT2D eigenvalue weighted by molar-refractivity contribution is -0.148. The second-order valence-electron chi connectivity index (χ2n) is 12.7. The minimum absolute atomic E-state index is 0.0578. The molecule has 1 heteroatoms. The lowest BCUT2D eigenvalue weighted by Crippen LogP contribution is -2.56. The van der Waals surface area contributed by atoms with Crippen molar-refractivity contribution < 1.29 is 5.11 Å². The minimum atomic E-state index is -0.0578. The maximum absolute atomic E-state index is 10.5. The van der Waals surface area contributed by atoms with Crippen molar-refractivity contribution in [2.75, 3.05) is 0 Å². The van der Waals surface area contributed by atoms with Gasteiger partial charge in [0.25, 0.3) is 0 Å². The lowest BCUT2D eigenvalue weighted by Gasteiger charge is -2.62. The summed E-state index contributed by atoms with van der Waals surface area (Å²) in [5, 5.41) is 10.5. The van der Waals surface area contributed by atoms with Crippen LogP contribution in [0.1, 0.15) is 92.9 Å². The fourth-order valence-corrected chi connectivity index (χ4v) is 9.22. The molecule has 0 saturated heterocycles. The van der Waals surface area contributed by atoms with Gasteiger partial charge in [-0.25, -0.2) is 0 Å². The molecule has 0 heterocycles. The molecule has 1 N–H and O–H groups in total. The standard InChI is InChI=1S/C29H48O/c1-18(2)19(3)8-9-20(4)23-12-13-25-22-10-11-24-21(5)27(30)15-17-29(24,7)26(22)14-16-28(23,25)6/h8-9,18,20-27,30H,3,10-17H2,1-2,4-7H3/b9-8+/t20-,21+,22+,23-,24+,25+,26+,27+,28-,29+/m1/s1. The summed E-state index contributed by atoms with van der Waals surface area (Å²) in [5.41, 5.74) is 2.26. The van der Waals surface area contributed by atoms with Crippen LogP contribution in [0.3, 0.4) is 0 Å². The summed E-state index contributed by atoms with van der Waals surface area (Å²) < 4.78 is 0. The van der Waals surface area contributed by atoms with Gasteiger partial charge in [0.1, 0.15) is 0 Å². The van der Waals surface area contributed by atoms with Crippen molar-refractivity contribution in [3.05, 3.63) is 24.3 Å². The molecule has 30 heavy (non-hydrogen) atoms. The van der Waals surface area contributed by atoms with Crippen molar-refractivity contribution in [1.29, 1.82) is 0 Å². The fraction of sp³-hybridized carbons (Fsp3) is 0.862. The van der Waals surface area contributed by atoms with Gasteiger partial charge in [0.05, 0.1) is 6.10 Å². The third-order valence-electron chi connectivity index (χ3n) is 11.2. The molecular weight excluding hydrogens is 364 g/mol. The zero-order chi connectivity index (χ0) is 21.8. The first-order valence-electron chi connectivity index (χ1n) is 13.1. The number of aliphatic hydroxyl groups excluding tert-OH is 1. The maximum Gasteiger partial charge on any atom is 0.0568 e. The second kappa shape index (κ2) is 8.09. The van der Waals surface area contributed by atoms with Gasteiger partial charge in [-0.3, -0.25) is 0 Å². The molecule has 1 nitrogen and oxygen atoms in total. The Morgan fingerprint density at radius 2 is 1.53 bits per heavy atom. The zero-order valence-corrected chi connectivity index (χ0v) is 20.7. The van der Waals surface area contributed by atoms with Gasteiger partial charge < -0.3 is 5.11 Å². The van der Waals surface area contributed by atoms with E-state index in [2.05, 4.69) is 60.3 Å². The summed E-state index contributed by atoms with van der Waals surface area (Å²) in [7, 11) is 0. The van der Waals surface area contributed by atoms with Crippen molar-refractivity contribution >= 4 is 0 Å². The first-order chi connectivity index (χ1) is 14.1. The van der Waals surface area contributed by atoms with Crippen molar-refractivity contribution in [3.63, 3.8) is 0 Å². The topological polar surface area (TPSA) is 20.2 Å². The van der Waals surface area contributed by atoms with Crippen LogP contribution in [-0.4, -0.2) is 11.2 Å². The van der Waals surface area contributed by atoms with E-state index in [1.165, 1.54) is 50.5 Å². The van der Waals surface area contributed by atoms with Crippen LogP contribution in [0.15, 0.2) is 24.3 Å². The van der Waals surface area contributed by atoms with Gasteiger partial charge in [0.15, 0.2) is 0 Å². The first-order valence-corrected chi connectivity index (χ1v) is 13.1. The van der Waals surface area contributed by atoms with Crippen LogP contribution in [0.5, 0.6) is 0 Å². The van der Waals surface area contributed by atoms with E-state index in [4.69, 9.17) is 0 Å². The van der Waals surface area contributed by atoms with E-state index in [-0.39, 0.29) is 6.10 Å². The van der Waals surface area contributed by atoms with Crippen LogP contribution in [0.2, 0.25) is 0 Å². The molecule has 4 aliphatic carbocycles. The summed E-state index contributed by atoms with van der Waals surface area (Å²) >= 11 is 0. The summed E-state index contributed by atoms with van der Waals surface area (Å²) in [6.07, 6.45) is 15.5. The number of hydrogen-bond acceptors (Lipinski definition) is 1. The Balaban J connectivity index is 1.52. The summed E-state index contributed by atoms with van der Waals surface area (Å²) in [6.45, 7) is 18.8. The molecule has 0 aromatic heterocycles. The first kappa shape index (κ1) is 22.6. The van der Waals surface area contributed by atoms with Crippen LogP contribution in [-0.2, 0) is 0 Å². The highest BCUT2D eigenvalue weighted by molar-refractivity contribution is 5.18. The predicted octanol–water partition coefficient (Wildman–Crippen LogP) is 7.66. The minimum Gasteiger partial charge on any atom is -0.393 e. The molecule has 0 spiro atoms. The zero-order valence-electron chi connectivity index (χ0n) is 20.7. The molecule has 4 saturated carbocycles. The lowest BCUT2D eigenvalue weighted by atomic mass is 9.43. The monoisotopic (exact) mass is 412 g/mol. The summed E-state index contributed by atoms with van der Waals surface area (Å²) in [6, 6.07) is 0. The fourth-order valence-electron chi connectivity index (χ4n) is 9.22. The van der Waals surface area contributed by atoms with Gasteiger partial charge in [-0.05, 0) is 110 Å². The smallest absolute Gasteiger partial charge is 0.0568 e. The van der Waals surface area contributed by atoms with E-state index in [1.807, 2.05) is 0 Å². The Kier molecular flexibility index (Phi) is 6.10. The van der Waals surface area contributed by atoms with Crippen molar-refractivity contribution in [3.8, 4) is 0 Å². The molecular formula is C29H48O. The number of fused-ring (bicyclic) bond motifs is 5. The highest BCUT2D eigenvalue weighted by Crippen LogP contribution is 2.68. The molecule has 0 aromatic carbocycles. The van der Waals surface area contributed by atoms with Crippen LogP contribution in [0.4, 0.5) is 0 Å². The van der Waals surface area contributed by atoms with Crippen molar-refractivity contribution in [1.82, 2.24) is 0 Å². The molecule has 0 aliphatic heterocycles. The van der Waals surface area contributed by atoms with E-state index in [0.717, 1.165) is 36.0 Å². The number of allylic oxidation sites excluding steroid dienone is 3. The van der Waals surface area contributed by atoms with Crippen LogP contribution in [0, 0.1) is 58.2 Å². The molecule has 170 valence electrons. The summed E-state index contributed by atoms with van der Waals surface area (Å²) in [5.74, 6) is 6.02. The largest absolute Gasteiger partial charge is 0.393 e. The normalized spacial score (nSPS) is 49.5. The Hall–Kier alpha value is -0.560. The van der Waals surface area contributed by atoms with Gasteiger partial charge >= 0.3 is 0 Å². The van der Waals surface area contributed by atoms with E-state index >= 15 is 0 Å². The van der Waals surface area contributed by atoms with Gasteiger partial charge in [-0.15, -0.1) is 0 Å². The second-order valence-corrected chi connectivity index (χ2v) is 12.7. The quantitative estimate of drug-likeness (QED) is 0.470. The molecule has 0 bridgehead atoms. The van der Waals surface area contributed by atoms with E-state index in [9.17, 15) is 5.11 Å². The Morgan fingerprint density at radius 1 is 0.900 bits per heavy atom. The molecule has 10 atom stereocenters. The molecule has 0 amide bonds. The highest BCUT2D eigenvalue weighted by Gasteiger charge is 2.61. The van der Waals surface area contributed by atoms with Gasteiger partial charge in [-0.2, -0.15) is 0 Å². The van der Waals surface area contributed by atoms with Crippen LogP contribution >= 0.6 is 0 Å². The molecule has 4 aliphatic rings. The SMILES string of the molecule is C=C(/C=C/[C@@H](C)[C@H]1CC[C@H]2[C@@H]3CC[C@H]4[C@H](C)[C@@H](O)CC[C@]4(C)[C@H]3CC[C@]12C)C(C)C. The molecule has 0 radical (unpaired) electrons. The predicted molar refractivity (Wildman–Crippen MR) is 128 cm³/mol. The Morgan fingerprint density at radius 3 is 2.23 bits per heavy atom. The van der Waals surface area contributed by atoms with Crippen molar-refractivity contribution in [2.45, 2.75) is 99.0 Å². The third-order valence-corrected chi connectivity index (χ3v) is 11.2. The number of rotatable bonds is 4. The average Bonchev–Trinajstić information content (AvgIpc) is 3.06. The maximum atomic E-state index is 10.5. The van der Waals surface area contributed by atoms with E-state index < -0.39 is 0 Å². The van der Waals surface area contributed by atoms with Gasteiger partial charge in [-0.1, -0.05) is 65.8 Å². The van der Waals surface area contributed by atoms with Crippen LogP contribution < -0.4 is 0 Å². The van der Waals surface area contributed by atoms with Crippen molar-refractivity contribution in [2.24, 2.45) is 58.2 Å². The number of hydrogen-bond donors (Lipinski definition) is 1.